The summed E-state index contributed by atoms with van der Waals surface area (Å²) in [6.45, 7) is 7.67. The molecule has 1 aromatic heterocycles. The third kappa shape index (κ3) is 4.18. The van der Waals surface area contributed by atoms with Gasteiger partial charge in [0, 0.05) is 27.3 Å². The Morgan fingerprint density at radius 1 is 1.20 bits per heavy atom. The Labute approximate surface area is 134 Å². The van der Waals surface area contributed by atoms with Gasteiger partial charge in [-0.3, -0.25) is 0 Å². The van der Waals surface area contributed by atoms with Gasteiger partial charge >= 0.3 is 0 Å². The minimum absolute atomic E-state index is 0.404. The maximum Gasteiger partial charge on any atom is 0.0346 e. The van der Waals surface area contributed by atoms with Gasteiger partial charge in [-0.1, -0.05) is 45.0 Å². The van der Waals surface area contributed by atoms with Crippen molar-refractivity contribution in [3.05, 3.63) is 56.2 Å². The van der Waals surface area contributed by atoms with Crippen molar-refractivity contribution in [1.82, 2.24) is 5.32 Å². The van der Waals surface area contributed by atoms with E-state index in [0.29, 0.717) is 12.0 Å². The molecule has 2 aromatic rings. The third-order valence-electron chi connectivity index (χ3n) is 3.53. The van der Waals surface area contributed by atoms with Crippen LogP contribution >= 0.6 is 27.3 Å². The first-order valence-electron chi connectivity index (χ1n) is 7.15. The Hall–Kier alpha value is -0.640. The third-order valence-corrected chi connectivity index (χ3v) is 5.23. The standard InChI is InChI=1S/C17H22BrNS/c1-4-13-5-7-14(8-6-13)17(12(2)3)19-10-16-9-15(18)11-20-16/h5-9,11-12,17,19H,4,10H2,1-3H3/t17-/m1/s1. The van der Waals surface area contributed by atoms with Crippen molar-refractivity contribution in [3.63, 3.8) is 0 Å². The molecule has 0 bridgehead atoms. The second-order valence-electron chi connectivity index (χ2n) is 5.43. The van der Waals surface area contributed by atoms with Gasteiger partial charge < -0.3 is 5.32 Å². The monoisotopic (exact) mass is 351 g/mol. The van der Waals surface area contributed by atoms with Crippen molar-refractivity contribution in [3.8, 4) is 0 Å². The molecule has 20 heavy (non-hydrogen) atoms. The van der Waals surface area contributed by atoms with Crippen molar-refractivity contribution in [2.24, 2.45) is 5.92 Å². The normalized spacial score (nSPS) is 12.8. The zero-order chi connectivity index (χ0) is 14.5. The van der Waals surface area contributed by atoms with E-state index in [4.69, 9.17) is 0 Å². The number of nitrogens with one attached hydrogen (secondary N) is 1. The van der Waals surface area contributed by atoms with E-state index in [1.165, 1.54) is 20.5 Å². The zero-order valence-corrected chi connectivity index (χ0v) is 14.7. The smallest absolute Gasteiger partial charge is 0.0346 e. The van der Waals surface area contributed by atoms with Crippen LogP contribution in [0.5, 0.6) is 0 Å². The summed E-state index contributed by atoms with van der Waals surface area (Å²) in [7, 11) is 0. The van der Waals surface area contributed by atoms with Crippen LogP contribution in [0.15, 0.2) is 40.2 Å². The van der Waals surface area contributed by atoms with Crippen LogP contribution in [0.1, 0.15) is 42.8 Å². The van der Waals surface area contributed by atoms with Gasteiger partial charge in [-0.05, 0) is 45.5 Å². The van der Waals surface area contributed by atoms with Gasteiger partial charge in [0.05, 0.1) is 0 Å². The summed E-state index contributed by atoms with van der Waals surface area (Å²) >= 11 is 5.31. The molecule has 0 aliphatic rings. The molecule has 0 saturated carbocycles. The second-order valence-corrected chi connectivity index (χ2v) is 7.34. The highest BCUT2D eigenvalue weighted by Gasteiger charge is 2.15. The van der Waals surface area contributed by atoms with E-state index in [9.17, 15) is 0 Å². The van der Waals surface area contributed by atoms with Gasteiger partial charge in [-0.2, -0.15) is 0 Å². The van der Waals surface area contributed by atoms with E-state index in [-0.39, 0.29) is 0 Å². The predicted octanol–water partition coefficient (Wildman–Crippen LogP) is 5.56. The summed E-state index contributed by atoms with van der Waals surface area (Å²) in [4.78, 5) is 1.37. The first-order chi connectivity index (χ1) is 9.60. The first kappa shape index (κ1) is 15.7. The van der Waals surface area contributed by atoms with Gasteiger partial charge in [0.2, 0.25) is 0 Å². The van der Waals surface area contributed by atoms with E-state index in [2.05, 4.69) is 77.7 Å². The molecule has 2 rings (SSSR count). The lowest BCUT2D eigenvalue weighted by atomic mass is 9.95. The van der Waals surface area contributed by atoms with Crippen molar-refractivity contribution >= 4 is 27.3 Å². The molecule has 0 aliphatic heterocycles. The molecule has 0 radical (unpaired) electrons. The molecule has 0 aliphatic carbocycles. The molecule has 0 spiro atoms. The Morgan fingerprint density at radius 2 is 1.90 bits per heavy atom. The highest BCUT2D eigenvalue weighted by atomic mass is 79.9. The molecule has 3 heteroatoms. The molecule has 0 unspecified atom stereocenters. The molecule has 1 aromatic carbocycles. The molecule has 1 heterocycles. The molecule has 0 fully saturated rings. The molecule has 1 nitrogen and oxygen atoms in total. The van der Waals surface area contributed by atoms with Crippen LogP contribution in [0.4, 0.5) is 0 Å². The minimum Gasteiger partial charge on any atom is -0.305 e. The van der Waals surface area contributed by atoms with Crippen LogP contribution in [0.2, 0.25) is 0 Å². The van der Waals surface area contributed by atoms with Gasteiger partial charge in [0.1, 0.15) is 0 Å². The molecule has 108 valence electrons. The van der Waals surface area contributed by atoms with Crippen LogP contribution in [0.25, 0.3) is 0 Å². The average molecular weight is 352 g/mol. The largest absolute Gasteiger partial charge is 0.305 e. The van der Waals surface area contributed by atoms with Crippen molar-refractivity contribution in [2.75, 3.05) is 0 Å². The lowest BCUT2D eigenvalue weighted by molar-refractivity contribution is 0.412. The summed E-state index contributed by atoms with van der Waals surface area (Å²) in [5.74, 6) is 0.575. The van der Waals surface area contributed by atoms with E-state index in [1.807, 2.05) is 0 Å². The Balaban J connectivity index is 2.06. The highest BCUT2D eigenvalue weighted by molar-refractivity contribution is 9.10. The Bertz CT molecular complexity index is 530. The molecule has 1 N–H and O–H groups in total. The maximum atomic E-state index is 3.69. The van der Waals surface area contributed by atoms with Gasteiger partial charge in [-0.25, -0.2) is 0 Å². The molecule has 1 atom stereocenters. The summed E-state index contributed by atoms with van der Waals surface area (Å²) in [6.07, 6.45) is 1.10. The molecular weight excluding hydrogens is 330 g/mol. The summed E-state index contributed by atoms with van der Waals surface area (Å²) < 4.78 is 1.17. The minimum atomic E-state index is 0.404. The van der Waals surface area contributed by atoms with Crippen molar-refractivity contribution < 1.29 is 0 Å². The van der Waals surface area contributed by atoms with E-state index in [0.717, 1.165) is 13.0 Å². The van der Waals surface area contributed by atoms with Gasteiger partial charge in [0.15, 0.2) is 0 Å². The van der Waals surface area contributed by atoms with E-state index >= 15 is 0 Å². The number of halogens is 1. The maximum absolute atomic E-state index is 3.69. The van der Waals surface area contributed by atoms with Gasteiger partial charge in [-0.15, -0.1) is 11.3 Å². The van der Waals surface area contributed by atoms with Gasteiger partial charge in [0.25, 0.3) is 0 Å². The van der Waals surface area contributed by atoms with Crippen molar-refractivity contribution in [2.45, 2.75) is 39.8 Å². The van der Waals surface area contributed by atoms with Crippen LogP contribution in [-0.2, 0) is 13.0 Å². The number of hydrogen-bond acceptors (Lipinski definition) is 2. The fraction of sp³-hybridized carbons (Fsp3) is 0.412. The number of rotatable bonds is 6. The summed E-state index contributed by atoms with van der Waals surface area (Å²) in [6, 6.07) is 11.6. The lowest BCUT2D eigenvalue weighted by Gasteiger charge is -2.23. The molecule has 0 saturated heterocycles. The van der Waals surface area contributed by atoms with Crippen molar-refractivity contribution in [1.29, 1.82) is 0 Å². The zero-order valence-electron chi connectivity index (χ0n) is 12.3. The van der Waals surface area contributed by atoms with E-state index < -0.39 is 0 Å². The predicted molar refractivity (Wildman–Crippen MR) is 92.3 cm³/mol. The second kappa shape index (κ2) is 7.39. The van der Waals surface area contributed by atoms with Crippen LogP contribution in [0, 0.1) is 5.92 Å². The number of benzene rings is 1. The lowest BCUT2D eigenvalue weighted by Crippen LogP contribution is -2.25. The number of aryl methyl sites for hydroxylation is 1. The van der Waals surface area contributed by atoms with Crippen LogP contribution in [-0.4, -0.2) is 0 Å². The Kier molecular flexibility index (Phi) is 5.82. The van der Waals surface area contributed by atoms with E-state index in [1.54, 1.807) is 11.3 Å². The summed E-state index contributed by atoms with van der Waals surface area (Å²) in [5, 5.41) is 5.83. The quantitative estimate of drug-likeness (QED) is 0.718. The Morgan fingerprint density at radius 3 is 2.40 bits per heavy atom. The topological polar surface area (TPSA) is 12.0 Å². The molecule has 0 amide bonds. The molecular formula is C17H22BrNS. The fourth-order valence-electron chi connectivity index (χ4n) is 2.36. The fourth-order valence-corrected chi connectivity index (χ4v) is 3.76. The highest BCUT2D eigenvalue weighted by Crippen LogP contribution is 2.25. The van der Waals surface area contributed by atoms with Crippen LogP contribution in [0.3, 0.4) is 0 Å². The van der Waals surface area contributed by atoms with Crippen LogP contribution < -0.4 is 5.32 Å². The number of thiophene rings is 1. The first-order valence-corrected chi connectivity index (χ1v) is 8.82. The number of hydrogen-bond donors (Lipinski definition) is 1. The SMILES string of the molecule is CCc1ccc([C@H](NCc2cc(Br)cs2)C(C)C)cc1. The average Bonchev–Trinajstić information content (AvgIpc) is 2.85. The summed E-state index contributed by atoms with van der Waals surface area (Å²) in [5.41, 5.74) is 2.78.